The van der Waals surface area contributed by atoms with E-state index in [0.29, 0.717) is 17.9 Å². The van der Waals surface area contributed by atoms with E-state index < -0.39 is 0 Å². The van der Waals surface area contributed by atoms with E-state index in [0.717, 1.165) is 44.1 Å². The Balaban J connectivity index is 2.17. The average Bonchev–Trinajstić information content (AvgIpc) is 2.71. The fraction of sp³-hybridized carbons (Fsp3) is 0.667. The molecule has 1 aromatic carbocycles. The Labute approximate surface area is 129 Å². The maximum atomic E-state index is 5.82. The third kappa shape index (κ3) is 4.13. The van der Waals surface area contributed by atoms with Crippen molar-refractivity contribution in [3.63, 3.8) is 0 Å². The van der Waals surface area contributed by atoms with Gasteiger partial charge in [0, 0.05) is 12.5 Å². The van der Waals surface area contributed by atoms with Crippen molar-refractivity contribution in [2.75, 3.05) is 19.8 Å². The lowest BCUT2D eigenvalue weighted by Crippen LogP contribution is -2.38. The van der Waals surface area contributed by atoms with Gasteiger partial charge in [0.25, 0.3) is 0 Å². The predicted molar refractivity (Wildman–Crippen MR) is 87.4 cm³/mol. The summed E-state index contributed by atoms with van der Waals surface area (Å²) < 4.78 is 11.5. The lowest BCUT2D eigenvalue weighted by Gasteiger charge is -2.29. The van der Waals surface area contributed by atoms with Crippen molar-refractivity contribution in [2.45, 2.75) is 52.5 Å². The average molecular weight is 291 g/mol. The van der Waals surface area contributed by atoms with Crippen LogP contribution >= 0.6 is 0 Å². The summed E-state index contributed by atoms with van der Waals surface area (Å²) in [4.78, 5) is 0. The molecule has 0 aromatic heterocycles. The molecule has 2 rings (SSSR count). The first-order valence-electron chi connectivity index (χ1n) is 8.26. The molecular weight excluding hydrogens is 262 g/mol. The molecule has 118 valence electrons. The highest BCUT2D eigenvalue weighted by Crippen LogP contribution is 2.34. The zero-order chi connectivity index (χ0) is 15.2. The number of ether oxygens (including phenoxy) is 2. The molecule has 1 aliphatic rings. The summed E-state index contributed by atoms with van der Waals surface area (Å²) in [6, 6.07) is 6.88. The van der Waals surface area contributed by atoms with E-state index in [1.165, 1.54) is 5.56 Å². The third-order valence-corrected chi connectivity index (χ3v) is 4.18. The van der Waals surface area contributed by atoms with E-state index in [9.17, 15) is 0 Å². The van der Waals surface area contributed by atoms with Gasteiger partial charge in [-0.25, -0.2) is 0 Å². The van der Waals surface area contributed by atoms with E-state index in [1.807, 2.05) is 0 Å². The van der Waals surface area contributed by atoms with Gasteiger partial charge in [-0.15, -0.1) is 0 Å². The van der Waals surface area contributed by atoms with Gasteiger partial charge in [-0.2, -0.15) is 0 Å². The Bertz CT molecular complexity index is 445. The summed E-state index contributed by atoms with van der Waals surface area (Å²) in [5.74, 6) is 2.83. The molecule has 1 aliphatic heterocycles. The Morgan fingerprint density at radius 1 is 1.10 bits per heavy atom. The summed E-state index contributed by atoms with van der Waals surface area (Å²) in [5, 5.41) is 3.69. The Kier molecular flexibility index (Phi) is 5.92. The molecule has 1 N–H and O–H groups in total. The highest BCUT2D eigenvalue weighted by molar-refractivity contribution is 5.44. The fourth-order valence-electron chi connectivity index (χ4n) is 2.97. The van der Waals surface area contributed by atoms with Crippen molar-refractivity contribution in [1.29, 1.82) is 0 Å². The molecule has 0 radical (unpaired) electrons. The Morgan fingerprint density at radius 2 is 1.81 bits per heavy atom. The minimum absolute atomic E-state index is 0.453. The van der Waals surface area contributed by atoms with Crippen molar-refractivity contribution in [3.05, 3.63) is 23.8 Å². The van der Waals surface area contributed by atoms with Gasteiger partial charge in [-0.1, -0.05) is 33.8 Å². The molecule has 2 atom stereocenters. The first-order valence-corrected chi connectivity index (χ1v) is 8.26. The SMILES string of the molecule is CCCNC(C(C)C)C(C)c1ccc2c(c1)OCCCO2. The van der Waals surface area contributed by atoms with Crippen LogP contribution in [0.4, 0.5) is 0 Å². The number of fused-ring (bicyclic) bond motifs is 1. The quantitative estimate of drug-likeness (QED) is 0.860. The van der Waals surface area contributed by atoms with E-state index in [1.54, 1.807) is 0 Å². The summed E-state index contributed by atoms with van der Waals surface area (Å²) in [6.45, 7) is 11.6. The van der Waals surface area contributed by atoms with Gasteiger partial charge in [0.05, 0.1) is 13.2 Å². The standard InChI is InChI=1S/C18H29NO2/c1-5-9-19-18(13(2)3)14(4)15-7-8-16-17(12-15)21-11-6-10-20-16/h7-8,12-14,18-19H,5-6,9-11H2,1-4H3. The molecule has 0 amide bonds. The molecule has 1 heterocycles. The van der Waals surface area contributed by atoms with E-state index >= 15 is 0 Å². The second-order valence-corrected chi connectivity index (χ2v) is 6.27. The first kappa shape index (κ1) is 16.2. The second kappa shape index (κ2) is 7.69. The zero-order valence-electron chi connectivity index (χ0n) is 13.8. The molecule has 3 heteroatoms. The summed E-state index contributed by atoms with van der Waals surface area (Å²) in [5.41, 5.74) is 1.32. The van der Waals surface area contributed by atoms with Gasteiger partial charge >= 0.3 is 0 Å². The maximum absolute atomic E-state index is 5.82. The first-order chi connectivity index (χ1) is 10.1. The largest absolute Gasteiger partial charge is 0.490 e. The van der Waals surface area contributed by atoms with E-state index in [4.69, 9.17) is 9.47 Å². The Morgan fingerprint density at radius 3 is 2.48 bits per heavy atom. The molecule has 1 aromatic rings. The van der Waals surface area contributed by atoms with Crippen LogP contribution < -0.4 is 14.8 Å². The molecule has 0 bridgehead atoms. The maximum Gasteiger partial charge on any atom is 0.161 e. The number of benzene rings is 1. The zero-order valence-corrected chi connectivity index (χ0v) is 13.8. The summed E-state index contributed by atoms with van der Waals surface area (Å²) in [6.07, 6.45) is 2.11. The van der Waals surface area contributed by atoms with Crippen LogP contribution in [0.5, 0.6) is 11.5 Å². The van der Waals surface area contributed by atoms with Gasteiger partial charge in [-0.3, -0.25) is 0 Å². The number of hydrogen-bond acceptors (Lipinski definition) is 3. The van der Waals surface area contributed by atoms with Gasteiger partial charge < -0.3 is 14.8 Å². The number of nitrogens with one attached hydrogen (secondary N) is 1. The summed E-state index contributed by atoms with van der Waals surface area (Å²) >= 11 is 0. The van der Waals surface area contributed by atoms with Gasteiger partial charge in [0.15, 0.2) is 11.5 Å². The molecule has 3 nitrogen and oxygen atoms in total. The molecule has 21 heavy (non-hydrogen) atoms. The van der Waals surface area contributed by atoms with Crippen LogP contribution in [0.1, 0.15) is 52.0 Å². The van der Waals surface area contributed by atoms with Crippen molar-refractivity contribution >= 4 is 0 Å². The molecule has 2 unspecified atom stereocenters. The molecular formula is C18H29NO2. The van der Waals surface area contributed by atoms with E-state index in [-0.39, 0.29) is 0 Å². The van der Waals surface area contributed by atoms with Crippen molar-refractivity contribution in [1.82, 2.24) is 5.32 Å². The van der Waals surface area contributed by atoms with Crippen LogP contribution in [-0.4, -0.2) is 25.8 Å². The molecule has 0 spiro atoms. The van der Waals surface area contributed by atoms with Crippen LogP contribution in [0.15, 0.2) is 18.2 Å². The van der Waals surface area contributed by atoms with Gasteiger partial charge in [0.2, 0.25) is 0 Å². The minimum atomic E-state index is 0.453. The minimum Gasteiger partial charge on any atom is -0.490 e. The van der Waals surface area contributed by atoms with Crippen LogP contribution in [0, 0.1) is 5.92 Å². The second-order valence-electron chi connectivity index (χ2n) is 6.27. The van der Waals surface area contributed by atoms with Crippen molar-refractivity contribution < 1.29 is 9.47 Å². The van der Waals surface area contributed by atoms with Crippen LogP contribution in [0.25, 0.3) is 0 Å². The fourth-order valence-corrected chi connectivity index (χ4v) is 2.97. The monoisotopic (exact) mass is 291 g/mol. The van der Waals surface area contributed by atoms with Crippen LogP contribution in [0.3, 0.4) is 0 Å². The number of hydrogen-bond donors (Lipinski definition) is 1. The molecule has 0 fully saturated rings. The third-order valence-electron chi connectivity index (χ3n) is 4.18. The van der Waals surface area contributed by atoms with E-state index in [2.05, 4.69) is 51.2 Å². The van der Waals surface area contributed by atoms with Gasteiger partial charge in [-0.05, 0) is 42.5 Å². The lowest BCUT2D eigenvalue weighted by molar-refractivity contribution is 0.296. The molecule has 0 saturated carbocycles. The smallest absolute Gasteiger partial charge is 0.161 e. The molecule has 0 aliphatic carbocycles. The van der Waals surface area contributed by atoms with Crippen LogP contribution in [0.2, 0.25) is 0 Å². The van der Waals surface area contributed by atoms with Crippen LogP contribution in [-0.2, 0) is 0 Å². The highest BCUT2D eigenvalue weighted by atomic mass is 16.5. The van der Waals surface area contributed by atoms with Crippen molar-refractivity contribution in [2.24, 2.45) is 5.92 Å². The normalized spacial score (nSPS) is 17.4. The molecule has 0 saturated heterocycles. The summed E-state index contributed by atoms with van der Waals surface area (Å²) in [7, 11) is 0. The predicted octanol–water partition coefficient (Wildman–Crippen LogP) is 3.98. The lowest BCUT2D eigenvalue weighted by atomic mass is 9.86. The number of rotatable bonds is 6. The Hall–Kier alpha value is -1.22. The van der Waals surface area contributed by atoms with Gasteiger partial charge in [0.1, 0.15) is 0 Å². The highest BCUT2D eigenvalue weighted by Gasteiger charge is 2.23. The van der Waals surface area contributed by atoms with Crippen molar-refractivity contribution in [3.8, 4) is 11.5 Å². The topological polar surface area (TPSA) is 30.5 Å².